The summed E-state index contributed by atoms with van der Waals surface area (Å²) < 4.78 is 18.3. The first-order valence-electron chi connectivity index (χ1n) is 7.14. The van der Waals surface area contributed by atoms with E-state index in [0.29, 0.717) is 12.6 Å². The van der Waals surface area contributed by atoms with Crippen LogP contribution >= 0.6 is 0 Å². The lowest BCUT2D eigenvalue weighted by molar-refractivity contribution is 0.174. The van der Waals surface area contributed by atoms with E-state index in [-0.39, 0.29) is 6.79 Å². The highest BCUT2D eigenvalue weighted by Gasteiger charge is 2.16. The Kier molecular flexibility index (Phi) is 2.92. The van der Waals surface area contributed by atoms with E-state index >= 15 is 0 Å². The van der Waals surface area contributed by atoms with Gasteiger partial charge in [0.15, 0.2) is 11.5 Å². The van der Waals surface area contributed by atoms with Gasteiger partial charge in [-0.2, -0.15) is 4.98 Å². The molecule has 4 rings (SSSR count). The molecule has 3 aromatic rings. The number of nitrogens with zero attached hydrogens (tertiary/aromatic N) is 2. The van der Waals surface area contributed by atoms with Gasteiger partial charge >= 0.3 is 0 Å². The maximum absolute atomic E-state index is 5.44. The van der Waals surface area contributed by atoms with E-state index in [1.807, 2.05) is 24.3 Å². The van der Waals surface area contributed by atoms with Gasteiger partial charge < -0.3 is 14.2 Å². The molecule has 1 aliphatic rings. The Morgan fingerprint density at radius 3 is 2.86 bits per heavy atom. The number of methoxy groups -OCH3 is 1. The molecule has 1 aliphatic heterocycles. The SMILES string of the molecule is COc1nc2ccc(C)cc2n1Cc1ccc2c(c1)OCO2. The van der Waals surface area contributed by atoms with Gasteiger partial charge in [0, 0.05) is 0 Å². The molecular formula is C17H16N2O3. The Hall–Kier alpha value is -2.69. The fourth-order valence-electron chi connectivity index (χ4n) is 2.74. The predicted octanol–water partition coefficient (Wildman–Crippen LogP) is 3.13. The van der Waals surface area contributed by atoms with E-state index in [9.17, 15) is 0 Å². The van der Waals surface area contributed by atoms with Gasteiger partial charge in [-0.25, -0.2) is 0 Å². The van der Waals surface area contributed by atoms with E-state index in [1.165, 1.54) is 5.56 Å². The number of imidazole rings is 1. The second-order valence-electron chi connectivity index (χ2n) is 5.36. The summed E-state index contributed by atoms with van der Waals surface area (Å²) >= 11 is 0. The van der Waals surface area contributed by atoms with E-state index in [0.717, 1.165) is 28.1 Å². The van der Waals surface area contributed by atoms with Crippen LogP contribution < -0.4 is 14.2 Å². The number of hydrogen-bond acceptors (Lipinski definition) is 4. The van der Waals surface area contributed by atoms with E-state index in [1.54, 1.807) is 7.11 Å². The van der Waals surface area contributed by atoms with Crippen LogP contribution in [0.5, 0.6) is 17.5 Å². The average molecular weight is 296 g/mol. The van der Waals surface area contributed by atoms with Crippen LogP contribution in [0.2, 0.25) is 0 Å². The molecule has 112 valence electrons. The maximum atomic E-state index is 5.44. The van der Waals surface area contributed by atoms with Gasteiger partial charge in [-0.05, 0) is 42.3 Å². The fourth-order valence-corrected chi connectivity index (χ4v) is 2.74. The Morgan fingerprint density at radius 2 is 2.00 bits per heavy atom. The van der Waals surface area contributed by atoms with Crippen molar-refractivity contribution in [2.45, 2.75) is 13.5 Å². The molecule has 0 atom stereocenters. The third-order valence-electron chi connectivity index (χ3n) is 3.83. The minimum Gasteiger partial charge on any atom is -0.468 e. The van der Waals surface area contributed by atoms with Gasteiger partial charge in [0.1, 0.15) is 0 Å². The lowest BCUT2D eigenvalue weighted by atomic mass is 10.2. The first-order chi connectivity index (χ1) is 10.7. The minimum atomic E-state index is 0.287. The van der Waals surface area contributed by atoms with Crippen LogP contribution in [0.15, 0.2) is 36.4 Å². The van der Waals surface area contributed by atoms with Gasteiger partial charge in [0.2, 0.25) is 6.79 Å². The molecule has 0 bridgehead atoms. The molecule has 2 aromatic carbocycles. The average Bonchev–Trinajstić information content (AvgIpc) is 3.11. The van der Waals surface area contributed by atoms with Crippen LogP contribution in [0, 0.1) is 6.92 Å². The summed E-state index contributed by atoms with van der Waals surface area (Å²) in [6, 6.07) is 12.8. The Balaban J connectivity index is 1.78. The summed E-state index contributed by atoms with van der Waals surface area (Å²) in [7, 11) is 1.64. The molecule has 2 heterocycles. The number of hydrogen-bond donors (Lipinski definition) is 0. The van der Waals surface area contributed by atoms with Gasteiger partial charge in [0.25, 0.3) is 6.01 Å². The van der Waals surface area contributed by atoms with Gasteiger partial charge in [-0.15, -0.1) is 0 Å². The second-order valence-corrected chi connectivity index (χ2v) is 5.36. The molecular weight excluding hydrogens is 280 g/mol. The van der Waals surface area contributed by atoms with Crippen molar-refractivity contribution in [3.63, 3.8) is 0 Å². The zero-order valence-electron chi connectivity index (χ0n) is 12.5. The van der Waals surface area contributed by atoms with Crippen molar-refractivity contribution in [3.8, 4) is 17.5 Å². The van der Waals surface area contributed by atoms with Crippen LogP contribution in [0.4, 0.5) is 0 Å². The lowest BCUT2D eigenvalue weighted by Crippen LogP contribution is -2.02. The zero-order valence-corrected chi connectivity index (χ0v) is 12.5. The third kappa shape index (κ3) is 2.06. The van der Waals surface area contributed by atoms with Crippen molar-refractivity contribution in [3.05, 3.63) is 47.5 Å². The molecule has 0 spiro atoms. The number of fused-ring (bicyclic) bond motifs is 2. The number of aromatic nitrogens is 2. The molecule has 0 saturated carbocycles. The summed E-state index contributed by atoms with van der Waals surface area (Å²) in [6.45, 7) is 3.03. The minimum absolute atomic E-state index is 0.287. The standard InChI is InChI=1S/C17H16N2O3/c1-11-3-5-13-14(7-11)19(17(18-13)20-2)9-12-4-6-15-16(8-12)22-10-21-15/h3-8H,9-10H2,1-2H3. The maximum Gasteiger partial charge on any atom is 0.297 e. The highest BCUT2D eigenvalue weighted by molar-refractivity contribution is 5.77. The summed E-state index contributed by atoms with van der Waals surface area (Å²) in [5.41, 5.74) is 4.31. The Labute approximate surface area is 128 Å². The highest BCUT2D eigenvalue weighted by Crippen LogP contribution is 2.33. The number of ether oxygens (including phenoxy) is 3. The molecule has 22 heavy (non-hydrogen) atoms. The molecule has 0 fully saturated rings. The second kappa shape index (κ2) is 4.94. The van der Waals surface area contributed by atoms with Crippen LogP contribution in [-0.2, 0) is 6.54 Å². The normalized spacial score (nSPS) is 12.8. The summed E-state index contributed by atoms with van der Waals surface area (Å²) in [6.07, 6.45) is 0. The predicted molar refractivity (Wildman–Crippen MR) is 82.7 cm³/mol. The molecule has 0 aliphatic carbocycles. The monoisotopic (exact) mass is 296 g/mol. The lowest BCUT2D eigenvalue weighted by Gasteiger charge is -2.09. The third-order valence-corrected chi connectivity index (χ3v) is 3.83. The zero-order chi connectivity index (χ0) is 15.1. The van der Waals surface area contributed by atoms with Crippen LogP contribution in [0.3, 0.4) is 0 Å². The number of benzene rings is 2. The van der Waals surface area contributed by atoms with Crippen molar-refractivity contribution in [2.75, 3.05) is 13.9 Å². The van der Waals surface area contributed by atoms with Crippen LogP contribution in [0.25, 0.3) is 11.0 Å². The largest absolute Gasteiger partial charge is 0.468 e. The molecule has 0 amide bonds. The highest BCUT2D eigenvalue weighted by atomic mass is 16.7. The number of rotatable bonds is 3. The van der Waals surface area contributed by atoms with Crippen molar-refractivity contribution >= 4 is 11.0 Å². The molecule has 0 unspecified atom stereocenters. The van der Waals surface area contributed by atoms with E-state index < -0.39 is 0 Å². The first-order valence-corrected chi connectivity index (χ1v) is 7.14. The van der Waals surface area contributed by atoms with Crippen molar-refractivity contribution in [1.82, 2.24) is 9.55 Å². The van der Waals surface area contributed by atoms with Crippen molar-refractivity contribution < 1.29 is 14.2 Å². The van der Waals surface area contributed by atoms with E-state index in [2.05, 4.69) is 28.6 Å². The fraction of sp³-hybridized carbons (Fsp3) is 0.235. The quantitative estimate of drug-likeness (QED) is 0.745. The smallest absolute Gasteiger partial charge is 0.297 e. The topological polar surface area (TPSA) is 45.5 Å². The molecule has 0 radical (unpaired) electrons. The van der Waals surface area contributed by atoms with Crippen LogP contribution in [-0.4, -0.2) is 23.5 Å². The summed E-state index contributed by atoms with van der Waals surface area (Å²) in [5.74, 6) is 1.58. The summed E-state index contributed by atoms with van der Waals surface area (Å²) in [5, 5.41) is 0. The van der Waals surface area contributed by atoms with Gasteiger partial charge in [-0.1, -0.05) is 12.1 Å². The number of aryl methyl sites for hydroxylation is 1. The Morgan fingerprint density at radius 1 is 1.14 bits per heavy atom. The van der Waals surface area contributed by atoms with Crippen molar-refractivity contribution in [2.24, 2.45) is 0 Å². The van der Waals surface area contributed by atoms with Gasteiger partial charge in [-0.3, -0.25) is 4.57 Å². The van der Waals surface area contributed by atoms with Crippen LogP contribution in [0.1, 0.15) is 11.1 Å². The molecule has 0 N–H and O–H groups in total. The molecule has 5 nitrogen and oxygen atoms in total. The first kappa shape index (κ1) is 13.0. The molecule has 1 aromatic heterocycles. The Bertz CT molecular complexity index is 854. The summed E-state index contributed by atoms with van der Waals surface area (Å²) in [4.78, 5) is 4.53. The van der Waals surface area contributed by atoms with Crippen molar-refractivity contribution in [1.29, 1.82) is 0 Å². The molecule has 5 heteroatoms. The van der Waals surface area contributed by atoms with Gasteiger partial charge in [0.05, 0.1) is 24.7 Å². The van der Waals surface area contributed by atoms with E-state index in [4.69, 9.17) is 14.2 Å². The molecule has 0 saturated heterocycles.